The zero-order chi connectivity index (χ0) is 14.5. The number of amides is 1. The third-order valence-electron chi connectivity index (χ3n) is 2.75. The fourth-order valence-corrected chi connectivity index (χ4v) is 1.77. The number of hydrogen-bond donors (Lipinski definition) is 1. The molecule has 0 aliphatic rings. The van der Waals surface area contributed by atoms with Crippen LogP contribution in [0.15, 0.2) is 36.7 Å². The lowest BCUT2D eigenvalue weighted by molar-refractivity contribution is 0.102. The second-order valence-electron chi connectivity index (χ2n) is 4.31. The Morgan fingerprint density at radius 2 is 1.70 bits per heavy atom. The van der Waals surface area contributed by atoms with Crippen molar-refractivity contribution >= 4 is 11.6 Å². The molecule has 5 nitrogen and oxygen atoms in total. The van der Waals surface area contributed by atoms with Crippen LogP contribution in [0.1, 0.15) is 15.9 Å². The minimum atomic E-state index is -0.241. The number of carbonyl (C=O) groups excluding carboxylic acids is 1. The van der Waals surface area contributed by atoms with Crippen LogP contribution in [-0.2, 0) is 0 Å². The van der Waals surface area contributed by atoms with Gasteiger partial charge < -0.3 is 14.8 Å². The van der Waals surface area contributed by atoms with Crippen molar-refractivity contribution in [3.8, 4) is 11.5 Å². The molecule has 0 aliphatic carbocycles. The Morgan fingerprint density at radius 3 is 2.25 bits per heavy atom. The fourth-order valence-electron chi connectivity index (χ4n) is 1.77. The summed E-state index contributed by atoms with van der Waals surface area (Å²) in [6.45, 7) is 1.91. The molecule has 1 N–H and O–H groups in total. The standard InChI is InChI=1S/C15H16N2O3/c1-10-4-12(9-16-8-10)17-15(18)11-5-13(19-2)7-14(6-11)20-3/h4-9H,1-3H3,(H,17,18). The largest absolute Gasteiger partial charge is 0.497 e. The van der Waals surface area contributed by atoms with E-state index in [1.54, 1.807) is 44.8 Å². The third-order valence-corrected chi connectivity index (χ3v) is 2.75. The number of anilines is 1. The van der Waals surface area contributed by atoms with Gasteiger partial charge in [-0.05, 0) is 30.7 Å². The highest BCUT2D eigenvalue weighted by Gasteiger charge is 2.10. The topological polar surface area (TPSA) is 60.5 Å². The van der Waals surface area contributed by atoms with Gasteiger partial charge in [0.25, 0.3) is 5.91 Å². The summed E-state index contributed by atoms with van der Waals surface area (Å²) < 4.78 is 10.3. The molecule has 0 fully saturated rings. The fraction of sp³-hybridized carbons (Fsp3) is 0.200. The van der Waals surface area contributed by atoms with Gasteiger partial charge >= 0.3 is 0 Å². The maximum Gasteiger partial charge on any atom is 0.255 e. The Hall–Kier alpha value is -2.56. The minimum absolute atomic E-state index is 0.241. The SMILES string of the molecule is COc1cc(OC)cc(C(=O)Nc2cncc(C)c2)c1. The van der Waals surface area contributed by atoms with E-state index in [-0.39, 0.29) is 5.91 Å². The summed E-state index contributed by atoms with van der Waals surface area (Å²) in [6, 6.07) is 6.87. The first kappa shape index (κ1) is 13.9. The van der Waals surface area contributed by atoms with Crippen molar-refractivity contribution in [2.24, 2.45) is 0 Å². The minimum Gasteiger partial charge on any atom is -0.497 e. The zero-order valence-electron chi connectivity index (χ0n) is 11.6. The monoisotopic (exact) mass is 272 g/mol. The maximum absolute atomic E-state index is 12.2. The smallest absolute Gasteiger partial charge is 0.255 e. The van der Waals surface area contributed by atoms with E-state index in [1.165, 1.54) is 0 Å². The second kappa shape index (κ2) is 6.06. The Balaban J connectivity index is 2.24. The molecule has 2 rings (SSSR count). The molecule has 0 aliphatic heterocycles. The van der Waals surface area contributed by atoms with Crippen LogP contribution in [-0.4, -0.2) is 25.1 Å². The molecule has 0 radical (unpaired) electrons. The average molecular weight is 272 g/mol. The quantitative estimate of drug-likeness (QED) is 0.929. The number of aromatic nitrogens is 1. The van der Waals surface area contributed by atoms with Crippen LogP contribution in [0.3, 0.4) is 0 Å². The first-order chi connectivity index (χ1) is 9.62. The van der Waals surface area contributed by atoms with Crippen LogP contribution in [0, 0.1) is 6.92 Å². The van der Waals surface area contributed by atoms with E-state index in [0.717, 1.165) is 5.56 Å². The summed E-state index contributed by atoms with van der Waals surface area (Å²) in [6.07, 6.45) is 3.33. The van der Waals surface area contributed by atoms with Gasteiger partial charge in [0, 0.05) is 17.8 Å². The van der Waals surface area contributed by atoms with E-state index in [2.05, 4.69) is 10.3 Å². The van der Waals surface area contributed by atoms with Crippen LogP contribution >= 0.6 is 0 Å². The van der Waals surface area contributed by atoms with Crippen molar-refractivity contribution in [3.05, 3.63) is 47.8 Å². The molecule has 5 heteroatoms. The lowest BCUT2D eigenvalue weighted by atomic mass is 10.2. The van der Waals surface area contributed by atoms with Gasteiger partial charge in [-0.3, -0.25) is 9.78 Å². The van der Waals surface area contributed by atoms with Crippen molar-refractivity contribution < 1.29 is 14.3 Å². The number of hydrogen-bond acceptors (Lipinski definition) is 4. The zero-order valence-corrected chi connectivity index (χ0v) is 11.6. The molecule has 0 saturated heterocycles. The Labute approximate surface area is 117 Å². The number of rotatable bonds is 4. The van der Waals surface area contributed by atoms with Gasteiger partial charge in [-0.2, -0.15) is 0 Å². The molecule has 2 aromatic rings. The van der Waals surface area contributed by atoms with Gasteiger partial charge in [-0.25, -0.2) is 0 Å². The molecular formula is C15H16N2O3. The molecule has 0 spiro atoms. The van der Waals surface area contributed by atoms with Crippen LogP contribution in [0.4, 0.5) is 5.69 Å². The Bertz CT molecular complexity index is 604. The van der Waals surface area contributed by atoms with Gasteiger partial charge in [-0.15, -0.1) is 0 Å². The van der Waals surface area contributed by atoms with E-state index in [1.807, 2.05) is 13.0 Å². The first-order valence-electron chi connectivity index (χ1n) is 6.08. The van der Waals surface area contributed by atoms with Gasteiger partial charge in [0.05, 0.1) is 26.1 Å². The summed E-state index contributed by atoms with van der Waals surface area (Å²) in [5.74, 6) is 0.892. The number of methoxy groups -OCH3 is 2. The molecule has 104 valence electrons. The van der Waals surface area contributed by atoms with Crippen molar-refractivity contribution in [3.63, 3.8) is 0 Å². The van der Waals surface area contributed by atoms with Crippen LogP contribution in [0.2, 0.25) is 0 Å². The van der Waals surface area contributed by atoms with Gasteiger partial charge in [0.1, 0.15) is 11.5 Å². The highest BCUT2D eigenvalue weighted by Crippen LogP contribution is 2.23. The number of ether oxygens (including phenoxy) is 2. The maximum atomic E-state index is 12.2. The lowest BCUT2D eigenvalue weighted by Crippen LogP contribution is -2.12. The van der Waals surface area contributed by atoms with Crippen LogP contribution in [0.25, 0.3) is 0 Å². The number of nitrogens with one attached hydrogen (secondary N) is 1. The summed E-state index contributed by atoms with van der Waals surface area (Å²) in [5, 5.41) is 2.79. The normalized spacial score (nSPS) is 9.95. The Morgan fingerprint density at radius 1 is 1.05 bits per heavy atom. The molecule has 0 bridgehead atoms. The highest BCUT2D eigenvalue weighted by atomic mass is 16.5. The summed E-state index contributed by atoms with van der Waals surface area (Å²) in [7, 11) is 3.09. The van der Waals surface area contributed by atoms with E-state index >= 15 is 0 Å². The number of nitrogens with zero attached hydrogens (tertiary/aromatic N) is 1. The van der Waals surface area contributed by atoms with Crippen LogP contribution in [0.5, 0.6) is 11.5 Å². The van der Waals surface area contributed by atoms with Crippen molar-refractivity contribution in [2.75, 3.05) is 19.5 Å². The summed E-state index contributed by atoms with van der Waals surface area (Å²) in [4.78, 5) is 16.2. The molecule has 0 unspecified atom stereocenters. The second-order valence-corrected chi connectivity index (χ2v) is 4.31. The molecular weight excluding hydrogens is 256 g/mol. The summed E-state index contributed by atoms with van der Waals surface area (Å²) >= 11 is 0. The van der Waals surface area contributed by atoms with Crippen molar-refractivity contribution in [1.82, 2.24) is 4.98 Å². The average Bonchev–Trinajstić information content (AvgIpc) is 2.46. The van der Waals surface area contributed by atoms with Crippen molar-refractivity contribution in [1.29, 1.82) is 0 Å². The van der Waals surface area contributed by atoms with E-state index in [4.69, 9.17) is 9.47 Å². The Kier molecular flexibility index (Phi) is 4.20. The predicted octanol–water partition coefficient (Wildman–Crippen LogP) is 2.66. The number of carbonyl (C=O) groups is 1. The molecule has 1 aromatic heterocycles. The molecule has 1 aromatic carbocycles. The lowest BCUT2D eigenvalue weighted by Gasteiger charge is -2.09. The van der Waals surface area contributed by atoms with E-state index in [9.17, 15) is 4.79 Å². The number of aryl methyl sites for hydroxylation is 1. The van der Waals surface area contributed by atoms with Crippen LogP contribution < -0.4 is 14.8 Å². The van der Waals surface area contributed by atoms with Gasteiger partial charge in [-0.1, -0.05) is 0 Å². The molecule has 1 heterocycles. The first-order valence-corrected chi connectivity index (χ1v) is 6.08. The summed E-state index contributed by atoms with van der Waals surface area (Å²) in [5.41, 5.74) is 2.09. The van der Waals surface area contributed by atoms with Crippen molar-refractivity contribution in [2.45, 2.75) is 6.92 Å². The van der Waals surface area contributed by atoms with E-state index in [0.29, 0.717) is 22.7 Å². The molecule has 20 heavy (non-hydrogen) atoms. The third kappa shape index (κ3) is 3.26. The predicted molar refractivity (Wildman–Crippen MR) is 76.5 cm³/mol. The van der Waals surface area contributed by atoms with E-state index < -0.39 is 0 Å². The molecule has 0 saturated carbocycles. The number of pyridine rings is 1. The van der Waals surface area contributed by atoms with Gasteiger partial charge in [0.15, 0.2) is 0 Å². The molecule has 1 amide bonds. The highest BCUT2D eigenvalue weighted by molar-refractivity contribution is 6.04. The molecule has 0 atom stereocenters. The van der Waals surface area contributed by atoms with Gasteiger partial charge in [0.2, 0.25) is 0 Å². The number of benzene rings is 1.